The molecule has 0 atom stereocenters. The fourth-order valence-electron chi connectivity index (χ4n) is 1.88. The molecule has 102 valence electrons. The summed E-state index contributed by atoms with van der Waals surface area (Å²) >= 11 is 0. The number of aliphatic carboxylic acids is 1. The van der Waals surface area contributed by atoms with E-state index in [0.717, 1.165) is 16.7 Å². The van der Waals surface area contributed by atoms with Gasteiger partial charge in [-0.25, -0.2) is 4.79 Å². The van der Waals surface area contributed by atoms with Gasteiger partial charge in [0.25, 0.3) is 0 Å². The minimum absolute atomic E-state index is 0.00783. The van der Waals surface area contributed by atoms with E-state index >= 15 is 0 Å². The van der Waals surface area contributed by atoms with Gasteiger partial charge in [0.1, 0.15) is 5.75 Å². The summed E-state index contributed by atoms with van der Waals surface area (Å²) in [7, 11) is 0. The highest BCUT2D eigenvalue weighted by Gasteiger charge is 2.10. The summed E-state index contributed by atoms with van der Waals surface area (Å²) < 4.78 is 0. The average molecular weight is 270 g/mol. The van der Waals surface area contributed by atoms with Crippen molar-refractivity contribution in [1.82, 2.24) is 0 Å². The molecule has 4 nitrogen and oxygen atoms in total. The lowest BCUT2D eigenvalue weighted by molar-refractivity contribution is -0.149. The minimum Gasteiger partial charge on any atom is -0.508 e. The summed E-state index contributed by atoms with van der Waals surface area (Å²) in [5.41, 5.74) is 2.90. The summed E-state index contributed by atoms with van der Waals surface area (Å²) in [6, 6.07) is 14.4. The second-order valence-corrected chi connectivity index (χ2v) is 4.47. The van der Waals surface area contributed by atoms with Crippen LogP contribution in [0.15, 0.2) is 48.5 Å². The highest BCUT2D eigenvalue weighted by Crippen LogP contribution is 2.22. The number of phenolic OH excluding ortho intramolecular Hbond substituents is 1. The molecular weight excluding hydrogens is 256 g/mol. The molecule has 0 heterocycles. The monoisotopic (exact) mass is 270 g/mol. The van der Waals surface area contributed by atoms with Gasteiger partial charge < -0.3 is 10.2 Å². The van der Waals surface area contributed by atoms with Gasteiger partial charge in [-0.15, -0.1) is 0 Å². The van der Waals surface area contributed by atoms with Gasteiger partial charge in [0.15, 0.2) is 0 Å². The van der Waals surface area contributed by atoms with Crippen molar-refractivity contribution in [3.05, 3.63) is 54.1 Å². The highest BCUT2D eigenvalue weighted by molar-refractivity contribution is 6.32. The zero-order valence-electron chi connectivity index (χ0n) is 10.7. The summed E-state index contributed by atoms with van der Waals surface area (Å²) in [4.78, 5) is 21.4. The van der Waals surface area contributed by atoms with Crippen LogP contribution in [-0.2, 0) is 16.0 Å². The van der Waals surface area contributed by atoms with Crippen molar-refractivity contribution in [2.24, 2.45) is 0 Å². The third-order valence-corrected chi connectivity index (χ3v) is 3.03. The Hall–Kier alpha value is -2.62. The molecule has 0 saturated heterocycles. The van der Waals surface area contributed by atoms with Crippen LogP contribution in [0.2, 0.25) is 0 Å². The van der Waals surface area contributed by atoms with Crippen LogP contribution in [0.25, 0.3) is 11.1 Å². The van der Waals surface area contributed by atoms with E-state index in [1.165, 1.54) is 0 Å². The number of carbonyl (C=O) groups is 2. The second kappa shape index (κ2) is 6.02. The van der Waals surface area contributed by atoms with E-state index < -0.39 is 11.8 Å². The van der Waals surface area contributed by atoms with E-state index in [1.807, 2.05) is 36.4 Å². The maximum Gasteiger partial charge on any atom is 0.372 e. The van der Waals surface area contributed by atoms with Crippen LogP contribution in [0, 0.1) is 0 Å². The molecule has 2 aromatic rings. The fraction of sp³-hybridized carbons (Fsp3) is 0.125. The van der Waals surface area contributed by atoms with Gasteiger partial charge in [-0.3, -0.25) is 4.79 Å². The molecule has 0 bridgehead atoms. The third kappa shape index (κ3) is 3.45. The Kier molecular flexibility index (Phi) is 4.15. The number of phenols is 1. The van der Waals surface area contributed by atoms with Crippen molar-refractivity contribution < 1.29 is 19.8 Å². The van der Waals surface area contributed by atoms with E-state index in [0.29, 0.717) is 6.42 Å². The molecule has 4 heteroatoms. The van der Waals surface area contributed by atoms with Crippen molar-refractivity contribution in [3.8, 4) is 16.9 Å². The van der Waals surface area contributed by atoms with Gasteiger partial charge in [0.05, 0.1) is 0 Å². The van der Waals surface area contributed by atoms with Crippen molar-refractivity contribution in [1.29, 1.82) is 0 Å². The van der Waals surface area contributed by atoms with Crippen LogP contribution in [0.5, 0.6) is 5.75 Å². The van der Waals surface area contributed by atoms with E-state index in [4.69, 9.17) is 5.11 Å². The molecule has 0 aliphatic carbocycles. The molecule has 0 fully saturated rings. The van der Waals surface area contributed by atoms with Crippen LogP contribution in [0.4, 0.5) is 0 Å². The lowest BCUT2D eigenvalue weighted by Gasteiger charge is -2.04. The summed E-state index contributed by atoms with van der Waals surface area (Å²) in [5.74, 6) is -1.93. The lowest BCUT2D eigenvalue weighted by atomic mass is 10.0. The first-order valence-corrected chi connectivity index (χ1v) is 6.21. The highest BCUT2D eigenvalue weighted by atomic mass is 16.4. The van der Waals surface area contributed by atoms with Gasteiger partial charge in [-0.05, 0) is 35.2 Å². The van der Waals surface area contributed by atoms with E-state index in [-0.39, 0.29) is 12.2 Å². The minimum atomic E-state index is -1.38. The van der Waals surface area contributed by atoms with Crippen molar-refractivity contribution in [3.63, 3.8) is 0 Å². The predicted octanol–water partition coefficient (Wildman–Crippen LogP) is 2.65. The number of carbonyl (C=O) groups excluding carboxylic acids is 1. The molecule has 2 aromatic carbocycles. The number of aryl methyl sites for hydroxylation is 1. The summed E-state index contributed by atoms with van der Waals surface area (Å²) in [5, 5.41) is 17.7. The Morgan fingerprint density at radius 2 is 1.35 bits per heavy atom. The number of Topliss-reactive ketones (excluding diaryl/α,β-unsaturated/α-hetero) is 1. The third-order valence-electron chi connectivity index (χ3n) is 3.03. The molecule has 0 aromatic heterocycles. The first-order valence-electron chi connectivity index (χ1n) is 6.21. The largest absolute Gasteiger partial charge is 0.508 e. The summed E-state index contributed by atoms with van der Waals surface area (Å²) in [6.07, 6.45) is 0.425. The molecule has 2 rings (SSSR count). The second-order valence-electron chi connectivity index (χ2n) is 4.47. The van der Waals surface area contributed by atoms with E-state index in [1.54, 1.807) is 12.1 Å². The topological polar surface area (TPSA) is 74.6 Å². The van der Waals surface area contributed by atoms with Gasteiger partial charge in [0.2, 0.25) is 5.78 Å². The maximum absolute atomic E-state index is 11.0. The Labute approximate surface area is 116 Å². The molecule has 0 unspecified atom stereocenters. The quantitative estimate of drug-likeness (QED) is 0.819. The molecule has 0 saturated carbocycles. The lowest BCUT2D eigenvalue weighted by Crippen LogP contribution is -2.12. The van der Waals surface area contributed by atoms with Crippen LogP contribution in [-0.4, -0.2) is 22.0 Å². The summed E-state index contributed by atoms with van der Waals surface area (Å²) in [6.45, 7) is 0. The predicted molar refractivity (Wildman–Crippen MR) is 74.5 cm³/mol. The van der Waals surface area contributed by atoms with Crippen molar-refractivity contribution in [2.45, 2.75) is 12.8 Å². The number of hydrogen-bond acceptors (Lipinski definition) is 3. The normalized spacial score (nSPS) is 10.2. The van der Waals surface area contributed by atoms with Gasteiger partial charge in [0, 0.05) is 6.42 Å². The molecule has 0 aliphatic rings. The van der Waals surface area contributed by atoms with E-state index in [2.05, 4.69) is 0 Å². The van der Waals surface area contributed by atoms with E-state index in [9.17, 15) is 14.7 Å². The number of carboxylic acid groups (broad SMARTS) is 1. The molecule has 0 spiro atoms. The van der Waals surface area contributed by atoms with Crippen molar-refractivity contribution in [2.75, 3.05) is 0 Å². The molecule has 20 heavy (non-hydrogen) atoms. The number of benzene rings is 2. The average Bonchev–Trinajstić information content (AvgIpc) is 2.46. The van der Waals surface area contributed by atoms with Crippen LogP contribution in [0.1, 0.15) is 12.0 Å². The van der Waals surface area contributed by atoms with Gasteiger partial charge in [-0.1, -0.05) is 36.4 Å². The standard InChI is InChI=1S/C16H14O4/c17-14-8-6-13(7-9-14)12-4-1-11(2-5-12)3-10-15(18)16(19)20/h1-2,4-9,17H,3,10H2,(H,19,20). The zero-order chi connectivity index (χ0) is 14.5. The number of carboxylic acids is 1. The zero-order valence-corrected chi connectivity index (χ0v) is 10.7. The Bertz CT molecular complexity index is 612. The van der Waals surface area contributed by atoms with Crippen LogP contribution < -0.4 is 0 Å². The molecule has 0 radical (unpaired) electrons. The maximum atomic E-state index is 11.0. The number of aromatic hydroxyl groups is 1. The smallest absolute Gasteiger partial charge is 0.372 e. The number of ketones is 1. The van der Waals surface area contributed by atoms with Gasteiger partial charge >= 0.3 is 5.97 Å². The Morgan fingerprint density at radius 1 is 0.850 bits per heavy atom. The van der Waals surface area contributed by atoms with Crippen LogP contribution in [0.3, 0.4) is 0 Å². The molecule has 2 N–H and O–H groups in total. The van der Waals surface area contributed by atoms with Gasteiger partial charge in [-0.2, -0.15) is 0 Å². The Morgan fingerprint density at radius 3 is 1.85 bits per heavy atom. The molecule has 0 aliphatic heterocycles. The first-order chi connectivity index (χ1) is 9.56. The SMILES string of the molecule is O=C(O)C(=O)CCc1ccc(-c2ccc(O)cc2)cc1. The Balaban J connectivity index is 2.04. The van der Waals surface area contributed by atoms with Crippen LogP contribution >= 0.6 is 0 Å². The fourth-order valence-corrected chi connectivity index (χ4v) is 1.88. The molecule has 0 amide bonds. The first kappa shape index (κ1) is 13.8. The molecular formula is C16H14O4. The number of rotatable bonds is 5. The van der Waals surface area contributed by atoms with Crippen molar-refractivity contribution >= 4 is 11.8 Å². The number of hydrogen-bond donors (Lipinski definition) is 2.